The maximum atomic E-state index is 13.5. The van der Waals surface area contributed by atoms with Crippen LogP contribution in [0.2, 0.25) is 0 Å². The molecule has 0 aliphatic heterocycles. The van der Waals surface area contributed by atoms with Crippen molar-refractivity contribution >= 4 is 23.3 Å². The van der Waals surface area contributed by atoms with Gasteiger partial charge in [-0.15, -0.1) is 0 Å². The Balaban J connectivity index is 2.94. The van der Waals surface area contributed by atoms with E-state index < -0.39 is 28.0 Å². The second kappa shape index (κ2) is 6.45. The topological polar surface area (TPSA) is 122 Å². The number of anilines is 1. The van der Waals surface area contributed by atoms with E-state index in [-0.39, 0.29) is 24.7 Å². The first-order valence-electron chi connectivity index (χ1n) is 5.52. The lowest BCUT2D eigenvalue weighted by Crippen LogP contribution is -2.26. The molecule has 0 fully saturated rings. The molecule has 0 aliphatic rings. The van der Waals surface area contributed by atoms with Crippen LogP contribution in [0.15, 0.2) is 12.1 Å². The van der Waals surface area contributed by atoms with Gasteiger partial charge in [-0.3, -0.25) is 14.9 Å². The number of rotatable bonds is 6. The average Bonchev–Trinajstić information content (AvgIpc) is 2.33. The number of carboxylic acid groups (broad SMARTS) is 1. The predicted molar refractivity (Wildman–Crippen MR) is 67.2 cm³/mol. The van der Waals surface area contributed by atoms with Crippen molar-refractivity contribution < 1.29 is 24.0 Å². The Kier molecular flexibility index (Phi) is 4.95. The number of nitrogens with one attached hydrogen (secondary N) is 2. The van der Waals surface area contributed by atoms with E-state index in [1.807, 2.05) is 0 Å². The van der Waals surface area contributed by atoms with E-state index in [0.717, 1.165) is 6.07 Å². The first-order valence-corrected chi connectivity index (χ1v) is 5.52. The molecule has 8 nitrogen and oxygen atoms in total. The Hall–Kier alpha value is -2.71. The molecule has 1 aromatic rings. The van der Waals surface area contributed by atoms with Crippen LogP contribution >= 0.6 is 0 Å². The summed E-state index contributed by atoms with van der Waals surface area (Å²) in [6, 6.07) is 1.40. The van der Waals surface area contributed by atoms with Gasteiger partial charge >= 0.3 is 5.97 Å². The monoisotopic (exact) mass is 285 g/mol. The Morgan fingerprint density at radius 1 is 1.40 bits per heavy atom. The number of hydrogen-bond donors (Lipinski definition) is 3. The van der Waals surface area contributed by atoms with E-state index >= 15 is 0 Å². The highest BCUT2D eigenvalue weighted by atomic mass is 19.1. The summed E-state index contributed by atoms with van der Waals surface area (Å²) < 4.78 is 13.5. The summed E-state index contributed by atoms with van der Waals surface area (Å²) in [5, 5.41) is 24.6. The van der Waals surface area contributed by atoms with Crippen molar-refractivity contribution in [1.29, 1.82) is 0 Å². The van der Waals surface area contributed by atoms with Gasteiger partial charge in [-0.05, 0) is 0 Å². The average molecular weight is 285 g/mol. The molecule has 3 N–H and O–H groups in total. The van der Waals surface area contributed by atoms with Gasteiger partial charge in [0.1, 0.15) is 17.1 Å². The highest BCUT2D eigenvalue weighted by Crippen LogP contribution is 2.27. The van der Waals surface area contributed by atoms with Crippen molar-refractivity contribution in [3.63, 3.8) is 0 Å². The number of carboxylic acids is 1. The van der Waals surface area contributed by atoms with Crippen molar-refractivity contribution in [2.45, 2.75) is 6.92 Å². The van der Waals surface area contributed by atoms with Crippen LogP contribution in [-0.4, -0.2) is 35.0 Å². The number of nitro groups is 1. The van der Waals surface area contributed by atoms with Gasteiger partial charge in [0.15, 0.2) is 0 Å². The van der Waals surface area contributed by atoms with Crippen molar-refractivity contribution in [2.24, 2.45) is 0 Å². The molecule has 0 saturated heterocycles. The summed E-state index contributed by atoms with van der Waals surface area (Å²) in [5.74, 6) is -2.94. The maximum absolute atomic E-state index is 13.5. The zero-order chi connectivity index (χ0) is 15.3. The van der Waals surface area contributed by atoms with Crippen LogP contribution in [-0.2, 0) is 4.79 Å². The number of hydrogen-bond acceptors (Lipinski definition) is 5. The summed E-state index contributed by atoms with van der Waals surface area (Å²) in [6.45, 7) is 1.63. The molecule has 0 radical (unpaired) electrons. The van der Waals surface area contributed by atoms with Crippen LogP contribution in [0, 0.1) is 15.9 Å². The number of benzene rings is 1. The number of halogens is 1. The molecular formula is C11H12FN3O5. The molecule has 108 valence electrons. The highest BCUT2D eigenvalue weighted by molar-refractivity contribution is 5.90. The van der Waals surface area contributed by atoms with Gasteiger partial charge in [-0.25, -0.2) is 9.18 Å². The van der Waals surface area contributed by atoms with Gasteiger partial charge in [-0.2, -0.15) is 0 Å². The minimum atomic E-state index is -1.59. The van der Waals surface area contributed by atoms with E-state index in [1.54, 1.807) is 0 Å². The van der Waals surface area contributed by atoms with Gasteiger partial charge in [0.05, 0.1) is 4.92 Å². The molecule has 0 aromatic heterocycles. The largest absolute Gasteiger partial charge is 0.478 e. The standard InChI is InChI=1S/C11H12FN3O5/c1-6(16)13-2-3-14-9-5-8(12)7(11(17)18)4-10(9)15(19)20/h4-5,14H,2-3H2,1H3,(H,13,16)(H,17,18). The number of aromatic carboxylic acids is 1. The fourth-order valence-electron chi connectivity index (χ4n) is 1.45. The third-order valence-corrected chi connectivity index (χ3v) is 2.33. The normalized spacial score (nSPS) is 9.90. The van der Waals surface area contributed by atoms with Crippen LogP contribution in [0.4, 0.5) is 15.8 Å². The lowest BCUT2D eigenvalue weighted by atomic mass is 10.1. The fourth-order valence-corrected chi connectivity index (χ4v) is 1.45. The molecule has 1 rings (SSSR count). The highest BCUT2D eigenvalue weighted by Gasteiger charge is 2.21. The molecule has 9 heteroatoms. The predicted octanol–water partition coefficient (Wildman–Crippen LogP) is 0.980. The Labute approximate surface area is 112 Å². The van der Waals surface area contributed by atoms with Crippen LogP contribution < -0.4 is 10.6 Å². The van der Waals surface area contributed by atoms with Gasteiger partial charge in [0.25, 0.3) is 5.69 Å². The van der Waals surface area contributed by atoms with E-state index in [0.29, 0.717) is 6.07 Å². The Morgan fingerprint density at radius 3 is 2.55 bits per heavy atom. The van der Waals surface area contributed by atoms with E-state index in [1.165, 1.54) is 6.92 Å². The lowest BCUT2D eigenvalue weighted by molar-refractivity contribution is -0.384. The summed E-state index contributed by atoms with van der Waals surface area (Å²) in [4.78, 5) is 31.4. The van der Waals surface area contributed by atoms with Crippen molar-refractivity contribution in [3.8, 4) is 0 Å². The van der Waals surface area contributed by atoms with Gasteiger partial charge < -0.3 is 15.7 Å². The number of amides is 1. The third-order valence-electron chi connectivity index (χ3n) is 2.33. The van der Waals surface area contributed by atoms with Gasteiger partial charge in [0, 0.05) is 32.1 Å². The summed E-state index contributed by atoms with van der Waals surface area (Å²) >= 11 is 0. The molecule has 0 spiro atoms. The first kappa shape index (κ1) is 15.3. The van der Waals surface area contributed by atoms with Gasteiger partial charge in [0.2, 0.25) is 5.91 Å². The fraction of sp³-hybridized carbons (Fsp3) is 0.273. The number of nitrogens with zero attached hydrogens (tertiary/aromatic N) is 1. The van der Waals surface area contributed by atoms with Gasteiger partial charge in [-0.1, -0.05) is 0 Å². The smallest absolute Gasteiger partial charge is 0.338 e. The summed E-state index contributed by atoms with van der Waals surface area (Å²) in [6.07, 6.45) is 0. The van der Waals surface area contributed by atoms with Crippen LogP contribution in [0.5, 0.6) is 0 Å². The van der Waals surface area contributed by atoms with E-state index in [9.17, 15) is 24.1 Å². The number of nitro benzene ring substituents is 1. The minimum Gasteiger partial charge on any atom is -0.478 e. The van der Waals surface area contributed by atoms with Crippen molar-refractivity contribution in [1.82, 2.24) is 5.32 Å². The molecule has 0 saturated carbocycles. The van der Waals surface area contributed by atoms with Crippen LogP contribution in [0.25, 0.3) is 0 Å². The molecule has 0 aliphatic carbocycles. The number of carbonyl (C=O) groups is 2. The second-order valence-electron chi connectivity index (χ2n) is 3.82. The minimum absolute atomic E-state index is 0.131. The third kappa shape index (κ3) is 3.90. The molecule has 0 bridgehead atoms. The molecule has 0 unspecified atom stereocenters. The first-order chi connectivity index (χ1) is 9.32. The second-order valence-corrected chi connectivity index (χ2v) is 3.82. The van der Waals surface area contributed by atoms with E-state index in [2.05, 4.69) is 10.6 Å². The Morgan fingerprint density at radius 2 is 2.05 bits per heavy atom. The van der Waals surface area contributed by atoms with Crippen LogP contribution in [0.1, 0.15) is 17.3 Å². The SMILES string of the molecule is CC(=O)NCCNc1cc(F)c(C(=O)O)cc1[N+](=O)[O-]. The van der Waals surface area contributed by atoms with Crippen molar-refractivity contribution in [2.75, 3.05) is 18.4 Å². The number of carbonyl (C=O) groups excluding carboxylic acids is 1. The molecule has 1 amide bonds. The summed E-state index contributed by atoms with van der Waals surface area (Å²) in [5.41, 5.74) is -1.47. The molecule has 1 aromatic carbocycles. The quantitative estimate of drug-likeness (QED) is 0.407. The molecule has 0 heterocycles. The Bertz CT molecular complexity index is 561. The molecule has 20 heavy (non-hydrogen) atoms. The zero-order valence-electron chi connectivity index (χ0n) is 10.5. The van der Waals surface area contributed by atoms with Crippen LogP contribution in [0.3, 0.4) is 0 Å². The molecular weight excluding hydrogens is 273 g/mol. The lowest BCUT2D eigenvalue weighted by Gasteiger charge is -2.08. The molecule has 0 atom stereocenters. The maximum Gasteiger partial charge on any atom is 0.338 e. The zero-order valence-corrected chi connectivity index (χ0v) is 10.5. The van der Waals surface area contributed by atoms with Crippen molar-refractivity contribution in [3.05, 3.63) is 33.6 Å². The summed E-state index contributed by atoms with van der Waals surface area (Å²) in [7, 11) is 0. The van der Waals surface area contributed by atoms with E-state index in [4.69, 9.17) is 5.11 Å².